The molecule has 0 unspecified atom stereocenters. The Labute approximate surface area is 182 Å². The number of ether oxygens (including phenoxy) is 1. The SMILES string of the molecule is C[C@@H](OC(=O)Nc1c(-c2ccccc2)noc1-c1ccc(Br)cc1)c1ccccc1. The van der Waals surface area contributed by atoms with Crippen LogP contribution in [0.2, 0.25) is 0 Å². The van der Waals surface area contributed by atoms with Gasteiger partial charge in [-0.25, -0.2) is 4.79 Å². The highest BCUT2D eigenvalue weighted by Gasteiger charge is 2.22. The van der Waals surface area contributed by atoms with Gasteiger partial charge >= 0.3 is 6.09 Å². The van der Waals surface area contributed by atoms with Gasteiger partial charge in [0.1, 0.15) is 17.5 Å². The largest absolute Gasteiger partial charge is 0.441 e. The van der Waals surface area contributed by atoms with Crippen molar-refractivity contribution in [2.45, 2.75) is 13.0 Å². The van der Waals surface area contributed by atoms with Crippen LogP contribution in [0.1, 0.15) is 18.6 Å². The van der Waals surface area contributed by atoms with Gasteiger partial charge in [-0.15, -0.1) is 0 Å². The van der Waals surface area contributed by atoms with Gasteiger partial charge in [0, 0.05) is 15.6 Å². The predicted molar refractivity (Wildman–Crippen MR) is 120 cm³/mol. The summed E-state index contributed by atoms with van der Waals surface area (Å²) in [5, 5.41) is 7.06. The van der Waals surface area contributed by atoms with Crippen LogP contribution < -0.4 is 5.32 Å². The molecule has 1 atom stereocenters. The van der Waals surface area contributed by atoms with E-state index in [0.717, 1.165) is 21.2 Å². The van der Waals surface area contributed by atoms with Gasteiger partial charge in [-0.3, -0.25) is 5.32 Å². The smallest absolute Gasteiger partial charge is 0.412 e. The Morgan fingerprint density at radius 2 is 1.57 bits per heavy atom. The fourth-order valence-electron chi connectivity index (χ4n) is 3.08. The number of nitrogens with one attached hydrogen (secondary N) is 1. The number of nitrogens with zero attached hydrogens (tertiary/aromatic N) is 1. The van der Waals surface area contributed by atoms with Crippen LogP contribution in [0.3, 0.4) is 0 Å². The van der Waals surface area contributed by atoms with Crippen molar-refractivity contribution in [2.24, 2.45) is 0 Å². The number of anilines is 1. The second-order valence-electron chi connectivity index (χ2n) is 6.69. The molecule has 150 valence electrons. The van der Waals surface area contributed by atoms with Crippen LogP contribution in [-0.4, -0.2) is 11.2 Å². The Morgan fingerprint density at radius 1 is 0.933 bits per heavy atom. The average Bonchev–Trinajstić information content (AvgIpc) is 3.18. The third-order valence-electron chi connectivity index (χ3n) is 4.63. The highest BCUT2D eigenvalue weighted by molar-refractivity contribution is 9.10. The fraction of sp³-hybridized carbons (Fsp3) is 0.0833. The molecule has 4 aromatic rings. The number of carbonyl (C=O) groups excluding carboxylic acids is 1. The van der Waals surface area contributed by atoms with Gasteiger partial charge in [-0.1, -0.05) is 81.8 Å². The molecule has 0 radical (unpaired) electrons. The first-order chi connectivity index (χ1) is 14.6. The molecule has 1 aromatic heterocycles. The molecule has 0 spiro atoms. The van der Waals surface area contributed by atoms with E-state index in [-0.39, 0.29) is 0 Å². The Balaban J connectivity index is 1.65. The maximum atomic E-state index is 12.7. The molecule has 1 N–H and O–H groups in total. The Bertz CT molecular complexity index is 1130. The van der Waals surface area contributed by atoms with E-state index in [9.17, 15) is 4.79 Å². The summed E-state index contributed by atoms with van der Waals surface area (Å²) in [6, 6.07) is 26.7. The van der Waals surface area contributed by atoms with Crippen LogP contribution in [0.5, 0.6) is 0 Å². The van der Waals surface area contributed by atoms with E-state index in [0.29, 0.717) is 17.1 Å². The van der Waals surface area contributed by atoms with Gasteiger partial charge in [-0.05, 0) is 36.8 Å². The van der Waals surface area contributed by atoms with Crippen molar-refractivity contribution in [1.29, 1.82) is 0 Å². The maximum absolute atomic E-state index is 12.7. The van der Waals surface area contributed by atoms with Crippen molar-refractivity contribution in [3.05, 3.63) is 95.0 Å². The number of amides is 1. The van der Waals surface area contributed by atoms with E-state index in [1.54, 1.807) is 0 Å². The van der Waals surface area contributed by atoms with Crippen LogP contribution in [0, 0.1) is 0 Å². The number of halogens is 1. The van der Waals surface area contributed by atoms with E-state index >= 15 is 0 Å². The summed E-state index contributed by atoms with van der Waals surface area (Å²) in [5.41, 5.74) is 3.54. The molecule has 6 heteroatoms. The highest BCUT2D eigenvalue weighted by atomic mass is 79.9. The number of hydrogen-bond donors (Lipinski definition) is 1. The van der Waals surface area contributed by atoms with Crippen molar-refractivity contribution in [2.75, 3.05) is 5.32 Å². The van der Waals surface area contributed by atoms with Crippen molar-refractivity contribution < 1.29 is 14.1 Å². The quantitative estimate of drug-likeness (QED) is 0.344. The van der Waals surface area contributed by atoms with E-state index in [2.05, 4.69) is 26.4 Å². The third-order valence-corrected chi connectivity index (χ3v) is 5.15. The van der Waals surface area contributed by atoms with Crippen molar-refractivity contribution >= 4 is 27.7 Å². The summed E-state index contributed by atoms with van der Waals surface area (Å²) in [6.45, 7) is 1.83. The minimum Gasteiger partial charge on any atom is -0.441 e. The van der Waals surface area contributed by atoms with Crippen LogP contribution in [-0.2, 0) is 4.74 Å². The van der Waals surface area contributed by atoms with Crippen molar-refractivity contribution in [1.82, 2.24) is 5.16 Å². The zero-order chi connectivity index (χ0) is 20.9. The molecule has 0 aliphatic carbocycles. The van der Waals surface area contributed by atoms with Gasteiger partial charge in [0.15, 0.2) is 5.76 Å². The molecule has 0 saturated carbocycles. The van der Waals surface area contributed by atoms with Gasteiger partial charge in [-0.2, -0.15) is 0 Å². The summed E-state index contributed by atoms with van der Waals surface area (Å²) < 4.78 is 12.2. The second-order valence-corrected chi connectivity index (χ2v) is 7.61. The number of benzene rings is 3. The fourth-order valence-corrected chi connectivity index (χ4v) is 3.35. The number of carbonyl (C=O) groups is 1. The van der Waals surface area contributed by atoms with E-state index in [1.165, 1.54) is 0 Å². The molecule has 5 nitrogen and oxygen atoms in total. The molecular formula is C24H19BrN2O3. The van der Waals surface area contributed by atoms with E-state index < -0.39 is 12.2 Å². The van der Waals surface area contributed by atoms with Crippen LogP contribution >= 0.6 is 15.9 Å². The van der Waals surface area contributed by atoms with Crippen LogP contribution in [0.4, 0.5) is 10.5 Å². The molecule has 0 fully saturated rings. The number of rotatable bonds is 5. The molecule has 0 aliphatic heterocycles. The molecule has 1 amide bonds. The summed E-state index contributed by atoms with van der Waals surface area (Å²) in [6.07, 6.45) is -0.979. The predicted octanol–water partition coefficient (Wildman–Crippen LogP) is 7.08. The van der Waals surface area contributed by atoms with Gasteiger partial charge < -0.3 is 9.26 Å². The highest BCUT2D eigenvalue weighted by Crippen LogP contribution is 2.37. The summed E-state index contributed by atoms with van der Waals surface area (Å²) >= 11 is 3.43. The molecule has 1 heterocycles. The van der Waals surface area contributed by atoms with E-state index in [4.69, 9.17) is 9.26 Å². The zero-order valence-electron chi connectivity index (χ0n) is 16.2. The Morgan fingerprint density at radius 3 is 2.23 bits per heavy atom. The van der Waals surface area contributed by atoms with E-state index in [1.807, 2.05) is 91.9 Å². The van der Waals surface area contributed by atoms with Gasteiger partial charge in [0.25, 0.3) is 0 Å². The van der Waals surface area contributed by atoms with Gasteiger partial charge in [0.05, 0.1) is 0 Å². The number of aromatic nitrogens is 1. The molecule has 0 bridgehead atoms. The summed E-state index contributed by atoms with van der Waals surface area (Å²) in [5.74, 6) is 0.464. The lowest BCUT2D eigenvalue weighted by atomic mass is 10.1. The van der Waals surface area contributed by atoms with Crippen LogP contribution in [0.15, 0.2) is 93.9 Å². The average molecular weight is 463 g/mol. The zero-order valence-corrected chi connectivity index (χ0v) is 17.8. The Kier molecular flexibility index (Phi) is 5.95. The molecule has 30 heavy (non-hydrogen) atoms. The van der Waals surface area contributed by atoms with Crippen molar-refractivity contribution in [3.8, 4) is 22.6 Å². The monoisotopic (exact) mass is 462 g/mol. The normalized spacial score (nSPS) is 11.7. The molecule has 0 aliphatic rings. The first-order valence-electron chi connectivity index (χ1n) is 9.45. The minimum atomic E-state index is -0.579. The maximum Gasteiger partial charge on any atom is 0.412 e. The molecular weight excluding hydrogens is 444 g/mol. The first kappa shape index (κ1) is 19.9. The van der Waals surface area contributed by atoms with Crippen molar-refractivity contribution in [3.63, 3.8) is 0 Å². The second kappa shape index (κ2) is 8.97. The van der Waals surface area contributed by atoms with Gasteiger partial charge in [0.2, 0.25) is 0 Å². The minimum absolute atomic E-state index is 0.401. The first-order valence-corrected chi connectivity index (χ1v) is 10.2. The molecule has 4 rings (SSSR count). The Hall–Kier alpha value is -3.38. The summed E-state index contributed by atoms with van der Waals surface area (Å²) in [4.78, 5) is 12.7. The third kappa shape index (κ3) is 4.44. The lowest BCUT2D eigenvalue weighted by molar-refractivity contribution is 0.121. The molecule has 0 saturated heterocycles. The number of hydrogen-bond acceptors (Lipinski definition) is 4. The molecule has 3 aromatic carbocycles. The summed E-state index contributed by atoms with van der Waals surface area (Å²) in [7, 11) is 0. The topological polar surface area (TPSA) is 64.4 Å². The van der Waals surface area contributed by atoms with Crippen LogP contribution in [0.25, 0.3) is 22.6 Å². The lowest BCUT2D eigenvalue weighted by Gasteiger charge is -2.14. The lowest BCUT2D eigenvalue weighted by Crippen LogP contribution is -2.16. The standard InChI is InChI=1S/C24H19BrN2O3/c1-16(17-8-4-2-5-9-17)29-24(28)26-22-21(18-10-6-3-7-11-18)27-30-23(22)19-12-14-20(25)15-13-19/h2-16H,1H3,(H,26,28)/t16-/m1/s1.